The van der Waals surface area contributed by atoms with Crippen molar-refractivity contribution in [3.8, 4) is 11.3 Å². The Morgan fingerprint density at radius 2 is 1.87 bits per heavy atom. The standard InChI is InChI=1S/C27H28F3N5O3/c1-13-11-35(12-21(31)27(13,2)38)25-14-6-9-20(36)23(14)32-10-19(25)34-26(37)18-8-7-17(30)24(33-18)22-15(28)4-3-5-16(22)29/h3-5,7-8,10,13,20-21,36,38H,6,9,11-12,31H2,1-2H3,(H,34,37). The van der Waals surface area contributed by atoms with E-state index in [0.717, 1.165) is 35.9 Å². The van der Waals surface area contributed by atoms with Crippen LogP contribution in [0.4, 0.5) is 24.5 Å². The predicted molar refractivity (Wildman–Crippen MR) is 135 cm³/mol. The van der Waals surface area contributed by atoms with Gasteiger partial charge in [-0.2, -0.15) is 0 Å². The molecule has 4 atom stereocenters. The first-order valence-electron chi connectivity index (χ1n) is 12.3. The van der Waals surface area contributed by atoms with Crippen molar-refractivity contribution < 1.29 is 28.2 Å². The summed E-state index contributed by atoms with van der Waals surface area (Å²) in [4.78, 5) is 23.5. The number of amides is 1. The molecule has 2 aromatic heterocycles. The Morgan fingerprint density at radius 3 is 2.55 bits per heavy atom. The summed E-state index contributed by atoms with van der Waals surface area (Å²) in [6.45, 7) is 4.30. The number of aromatic nitrogens is 2. The van der Waals surface area contributed by atoms with Crippen LogP contribution in [0.3, 0.4) is 0 Å². The molecule has 3 aromatic rings. The Bertz CT molecular complexity index is 1380. The summed E-state index contributed by atoms with van der Waals surface area (Å²) in [7, 11) is 0. The van der Waals surface area contributed by atoms with E-state index in [-0.39, 0.29) is 18.2 Å². The van der Waals surface area contributed by atoms with E-state index >= 15 is 0 Å². The molecule has 2 aliphatic rings. The van der Waals surface area contributed by atoms with E-state index in [1.54, 1.807) is 6.92 Å². The van der Waals surface area contributed by atoms with Crippen LogP contribution in [0.25, 0.3) is 11.3 Å². The van der Waals surface area contributed by atoms with E-state index in [1.165, 1.54) is 6.20 Å². The maximum atomic E-state index is 14.5. The smallest absolute Gasteiger partial charge is 0.274 e. The van der Waals surface area contributed by atoms with Crippen LogP contribution in [0.5, 0.6) is 0 Å². The number of fused-ring (bicyclic) bond motifs is 1. The second-order valence-corrected chi connectivity index (χ2v) is 10.2. The lowest BCUT2D eigenvalue weighted by Gasteiger charge is -2.47. The minimum Gasteiger partial charge on any atom is -0.388 e. The zero-order valence-electron chi connectivity index (χ0n) is 20.9. The summed E-state index contributed by atoms with van der Waals surface area (Å²) in [5, 5.41) is 23.9. The molecule has 0 radical (unpaired) electrons. The van der Waals surface area contributed by atoms with Crippen molar-refractivity contribution in [2.24, 2.45) is 11.7 Å². The summed E-state index contributed by atoms with van der Waals surface area (Å²) in [6.07, 6.45) is 1.66. The van der Waals surface area contributed by atoms with Crippen LogP contribution in [0.2, 0.25) is 0 Å². The lowest BCUT2D eigenvalue weighted by Crippen LogP contribution is -2.62. The maximum Gasteiger partial charge on any atom is 0.274 e. The van der Waals surface area contributed by atoms with E-state index in [2.05, 4.69) is 15.3 Å². The number of rotatable bonds is 4. The molecule has 1 aliphatic heterocycles. The number of hydrogen-bond donors (Lipinski definition) is 4. The Labute approximate surface area is 217 Å². The third kappa shape index (κ3) is 4.40. The van der Waals surface area contributed by atoms with Crippen molar-refractivity contribution >= 4 is 17.3 Å². The molecule has 5 N–H and O–H groups in total. The van der Waals surface area contributed by atoms with Crippen molar-refractivity contribution in [3.63, 3.8) is 0 Å². The second-order valence-electron chi connectivity index (χ2n) is 10.2. The van der Waals surface area contributed by atoms with E-state index in [1.807, 2.05) is 11.8 Å². The van der Waals surface area contributed by atoms with Gasteiger partial charge in [0.15, 0.2) is 0 Å². The normalized spacial score (nSPS) is 24.8. The monoisotopic (exact) mass is 527 g/mol. The summed E-state index contributed by atoms with van der Waals surface area (Å²) >= 11 is 0. The zero-order valence-corrected chi connectivity index (χ0v) is 20.9. The third-order valence-corrected chi connectivity index (χ3v) is 7.67. The summed E-state index contributed by atoms with van der Waals surface area (Å²) in [5.41, 5.74) is 5.87. The molecule has 0 spiro atoms. The van der Waals surface area contributed by atoms with Gasteiger partial charge in [-0.05, 0) is 44.0 Å². The fraction of sp³-hybridized carbons (Fsp3) is 0.370. The number of benzene rings is 1. The number of anilines is 2. The molecule has 4 unspecified atom stereocenters. The van der Waals surface area contributed by atoms with Crippen LogP contribution in [-0.2, 0) is 6.42 Å². The first-order valence-corrected chi connectivity index (χ1v) is 12.3. The highest BCUT2D eigenvalue weighted by Gasteiger charge is 2.43. The molecule has 1 amide bonds. The molecule has 1 aliphatic carbocycles. The molecule has 200 valence electrons. The Hall–Kier alpha value is -3.54. The number of nitrogens with two attached hydrogens (primary N) is 1. The highest BCUT2D eigenvalue weighted by Crippen LogP contribution is 2.42. The van der Waals surface area contributed by atoms with Gasteiger partial charge in [-0.15, -0.1) is 0 Å². The zero-order chi connectivity index (χ0) is 27.4. The van der Waals surface area contributed by atoms with Gasteiger partial charge in [0, 0.05) is 24.6 Å². The molecular weight excluding hydrogens is 499 g/mol. The van der Waals surface area contributed by atoms with Crippen LogP contribution >= 0.6 is 0 Å². The molecule has 0 bridgehead atoms. The fourth-order valence-electron chi connectivity index (χ4n) is 5.18. The minimum absolute atomic E-state index is 0.207. The topological polar surface area (TPSA) is 125 Å². The highest BCUT2D eigenvalue weighted by molar-refractivity contribution is 6.05. The average Bonchev–Trinajstić information content (AvgIpc) is 3.24. The SMILES string of the molecule is CC1CN(c2c(NC(=O)c3ccc(F)c(-c4c(F)cccc4F)n3)cnc3c2CCC3O)CC(N)C1(C)O. The molecule has 1 aromatic carbocycles. The Kier molecular flexibility index (Phi) is 6.62. The number of halogens is 3. The lowest BCUT2D eigenvalue weighted by molar-refractivity contribution is -0.0258. The molecule has 11 heteroatoms. The molecule has 1 fully saturated rings. The van der Waals surface area contributed by atoms with Crippen molar-refractivity contribution in [1.82, 2.24) is 9.97 Å². The third-order valence-electron chi connectivity index (χ3n) is 7.67. The van der Waals surface area contributed by atoms with Gasteiger partial charge >= 0.3 is 0 Å². The van der Waals surface area contributed by atoms with Crippen molar-refractivity contribution in [2.75, 3.05) is 23.3 Å². The summed E-state index contributed by atoms with van der Waals surface area (Å²) in [5.74, 6) is -3.95. The number of hydrogen-bond acceptors (Lipinski definition) is 7. The number of carbonyl (C=O) groups excluding carboxylic acids is 1. The van der Waals surface area contributed by atoms with Gasteiger partial charge in [0.05, 0.1) is 46.6 Å². The van der Waals surface area contributed by atoms with Gasteiger partial charge < -0.3 is 26.2 Å². The quantitative estimate of drug-likeness (QED) is 0.410. The Balaban J connectivity index is 1.52. The first-order chi connectivity index (χ1) is 18.0. The number of pyridine rings is 2. The maximum absolute atomic E-state index is 14.5. The molecule has 8 nitrogen and oxygen atoms in total. The Morgan fingerprint density at radius 1 is 1.16 bits per heavy atom. The number of carbonyl (C=O) groups is 1. The first kappa shape index (κ1) is 26.1. The fourth-order valence-corrected chi connectivity index (χ4v) is 5.18. The van der Waals surface area contributed by atoms with E-state index in [0.29, 0.717) is 36.5 Å². The minimum atomic E-state index is -1.09. The van der Waals surface area contributed by atoms with Crippen molar-refractivity contribution in [1.29, 1.82) is 0 Å². The summed E-state index contributed by atoms with van der Waals surface area (Å²) < 4.78 is 43.2. The molecule has 0 saturated carbocycles. The predicted octanol–water partition coefficient (Wildman–Crippen LogP) is 3.33. The van der Waals surface area contributed by atoms with Crippen LogP contribution in [0.15, 0.2) is 36.5 Å². The van der Waals surface area contributed by atoms with Crippen LogP contribution < -0.4 is 16.0 Å². The van der Waals surface area contributed by atoms with E-state index in [9.17, 15) is 28.2 Å². The molecule has 1 saturated heterocycles. The van der Waals surface area contributed by atoms with Gasteiger partial charge in [0.25, 0.3) is 5.91 Å². The average molecular weight is 528 g/mol. The molecule has 3 heterocycles. The largest absolute Gasteiger partial charge is 0.388 e. The van der Waals surface area contributed by atoms with Crippen LogP contribution in [0, 0.1) is 23.4 Å². The van der Waals surface area contributed by atoms with E-state index < -0.39 is 52.4 Å². The lowest BCUT2D eigenvalue weighted by atomic mass is 9.80. The number of aliphatic hydroxyl groups is 2. The van der Waals surface area contributed by atoms with Gasteiger partial charge in [0.2, 0.25) is 0 Å². The molecule has 5 rings (SSSR count). The molecule has 38 heavy (non-hydrogen) atoms. The molecular formula is C27H28F3N5O3. The van der Waals surface area contributed by atoms with Gasteiger partial charge in [-0.25, -0.2) is 18.2 Å². The number of nitrogens with zero attached hydrogens (tertiary/aromatic N) is 3. The number of aliphatic hydroxyl groups excluding tert-OH is 1. The van der Waals surface area contributed by atoms with Gasteiger partial charge in [-0.3, -0.25) is 9.78 Å². The van der Waals surface area contributed by atoms with Crippen LogP contribution in [-0.4, -0.2) is 50.8 Å². The van der Waals surface area contributed by atoms with Gasteiger partial charge in [-0.1, -0.05) is 13.0 Å². The summed E-state index contributed by atoms with van der Waals surface area (Å²) in [6, 6.07) is 4.56. The highest BCUT2D eigenvalue weighted by atomic mass is 19.1. The van der Waals surface area contributed by atoms with Crippen molar-refractivity contribution in [3.05, 3.63) is 70.9 Å². The van der Waals surface area contributed by atoms with E-state index in [4.69, 9.17) is 5.73 Å². The van der Waals surface area contributed by atoms with Gasteiger partial charge in [0.1, 0.15) is 28.8 Å². The number of piperidine rings is 1. The number of nitrogens with one attached hydrogen (secondary N) is 1. The van der Waals surface area contributed by atoms with Crippen molar-refractivity contribution in [2.45, 2.75) is 44.4 Å². The van der Waals surface area contributed by atoms with Crippen LogP contribution in [0.1, 0.15) is 48.1 Å². The second kappa shape index (κ2) is 9.64.